The molecule has 2 heterocycles. The largest absolute Gasteiger partial charge is 0.445 e. The second kappa shape index (κ2) is 14.5. The molecule has 2 aromatic rings. The molecule has 8 nitrogen and oxygen atoms in total. The molecule has 2 aliphatic heterocycles. The number of amides is 3. The zero-order chi connectivity index (χ0) is 28.4. The maximum atomic E-state index is 13.5. The van der Waals surface area contributed by atoms with Crippen LogP contribution in [0.1, 0.15) is 56.6 Å². The average Bonchev–Trinajstić information content (AvgIpc) is 2.97. The summed E-state index contributed by atoms with van der Waals surface area (Å²) in [6.45, 7) is 5.73. The molecule has 2 fully saturated rings. The van der Waals surface area contributed by atoms with E-state index < -0.39 is 17.7 Å². The highest BCUT2D eigenvalue weighted by Crippen LogP contribution is 2.34. The van der Waals surface area contributed by atoms with Crippen molar-refractivity contribution >= 4 is 29.5 Å². The highest BCUT2D eigenvalue weighted by Gasteiger charge is 2.52. The number of benzene rings is 2. The van der Waals surface area contributed by atoms with Gasteiger partial charge in [0.15, 0.2) is 0 Å². The van der Waals surface area contributed by atoms with E-state index in [0.29, 0.717) is 50.2 Å². The van der Waals surface area contributed by atoms with Crippen LogP contribution in [0.15, 0.2) is 54.6 Å². The van der Waals surface area contributed by atoms with Crippen molar-refractivity contribution in [3.63, 3.8) is 0 Å². The molecule has 1 atom stereocenters. The second-order valence-corrected chi connectivity index (χ2v) is 11.1. The summed E-state index contributed by atoms with van der Waals surface area (Å²) < 4.78 is 5.23. The predicted octanol–water partition coefficient (Wildman–Crippen LogP) is 4.55. The monoisotopic (exact) mass is 568 g/mol. The van der Waals surface area contributed by atoms with Gasteiger partial charge in [-0.15, -0.1) is 0 Å². The number of halogens is 1. The van der Waals surface area contributed by atoms with Crippen molar-refractivity contribution in [3.05, 3.63) is 70.7 Å². The zero-order valence-electron chi connectivity index (χ0n) is 23.4. The fraction of sp³-hybridized carbons (Fsp3) is 0.516. The van der Waals surface area contributed by atoms with Gasteiger partial charge in [0.2, 0.25) is 11.8 Å². The number of nitrogens with zero attached hydrogens (tertiary/aromatic N) is 2. The Labute approximate surface area is 242 Å². The molecule has 0 aromatic heterocycles. The number of ether oxygens (including phenoxy) is 1. The highest BCUT2D eigenvalue weighted by atomic mass is 35.5. The summed E-state index contributed by atoms with van der Waals surface area (Å²) in [6.07, 6.45) is 4.52. The maximum Gasteiger partial charge on any atom is 0.407 e. The zero-order valence-corrected chi connectivity index (χ0v) is 24.1. The molecule has 40 heavy (non-hydrogen) atoms. The molecule has 2 aliphatic rings. The number of likely N-dealkylation sites (tertiary alicyclic amines) is 1. The van der Waals surface area contributed by atoms with Gasteiger partial charge in [0, 0.05) is 43.3 Å². The summed E-state index contributed by atoms with van der Waals surface area (Å²) in [5.41, 5.74) is 1.31. The Morgan fingerprint density at radius 3 is 2.50 bits per heavy atom. The van der Waals surface area contributed by atoms with Crippen molar-refractivity contribution in [2.75, 3.05) is 32.7 Å². The summed E-state index contributed by atoms with van der Waals surface area (Å²) in [4.78, 5) is 43.3. The highest BCUT2D eigenvalue weighted by molar-refractivity contribution is 6.31. The van der Waals surface area contributed by atoms with Crippen LogP contribution in [0.3, 0.4) is 0 Å². The van der Waals surface area contributed by atoms with Crippen molar-refractivity contribution in [2.24, 2.45) is 0 Å². The van der Waals surface area contributed by atoms with Gasteiger partial charge in [-0.05, 0) is 56.6 Å². The van der Waals surface area contributed by atoms with Crippen molar-refractivity contribution in [2.45, 2.75) is 70.1 Å². The smallest absolute Gasteiger partial charge is 0.407 e. The minimum atomic E-state index is -0.750. The first-order valence-electron chi connectivity index (χ1n) is 14.5. The second-order valence-electron chi connectivity index (χ2n) is 10.7. The molecule has 0 radical (unpaired) electrons. The Balaban J connectivity index is 1.21. The van der Waals surface area contributed by atoms with Gasteiger partial charge in [-0.3, -0.25) is 9.59 Å². The van der Waals surface area contributed by atoms with E-state index in [4.69, 9.17) is 16.3 Å². The van der Waals surface area contributed by atoms with Gasteiger partial charge < -0.3 is 25.2 Å². The number of piperazine rings is 1. The SMILES string of the molecule is CCCN1C(=O)[C@H](CCCCNC(=O)OCc2ccccc2Cl)NC(=O)C12CCN(CCc1ccccc1)CC2. The fourth-order valence-corrected chi connectivity index (χ4v) is 5.86. The third-order valence-electron chi connectivity index (χ3n) is 8.00. The van der Waals surface area contributed by atoms with Crippen LogP contribution in [0.4, 0.5) is 4.79 Å². The summed E-state index contributed by atoms with van der Waals surface area (Å²) in [7, 11) is 0. The number of piperidine rings is 1. The van der Waals surface area contributed by atoms with E-state index >= 15 is 0 Å². The fourth-order valence-electron chi connectivity index (χ4n) is 5.67. The van der Waals surface area contributed by atoms with Gasteiger partial charge >= 0.3 is 6.09 Å². The molecular formula is C31H41ClN4O4. The molecule has 2 aromatic carbocycles. The Morgan fingerprint density at radius 1 is 1.05 bits per heavy atom. The number of hydrogen-bond acceptors (Lipinski definition) is 5. The number of nitrogens with one attached hydrogen (secondary N) is 2. The van der Waals surface area contributed by atoms with Gasteiger partial charge in [0.1, 0.15) is 18.2 Å². The molecular weight excluding hydrogens is 528 g/mol. The standard InChI is InChI=1S/C31H41ClN4O4/c1-2-19-36-28(37)27(14-8-9-18-33-30(39)40-23-25-12-6-7-13-26(25)32)34-29(38)31(36)16-21-35(22-17-31)20-15-24-10-4-3-5-11-24/h3-7,10-13,27H,2,8-9,14-23H2,1H3,(H,33,39)(H,34,38)/t27-/m0/s1. The number of unbranched alkanes of at least 4 members (excludes halogenated alkanes) is 1. The minimum absolute atomic E-state index is 0.0189. The lowest BCUT2D eigenvalue weighted by Gasteiger charge is -2.51. The number of rotatable bonds is 12. The quantitative estimate of drug-likeness (QED) is 0.367. The Morgan fingerprint density at radius 2 is 1.77 bits per heavy atom. The van der Waals surface area contributed by atoms with Gasteiger partial charge in [-0.1, -0.05) is 67.1 Å². The maximum absolute atomic E-state index is 13.5. The third kappa shape index (κ3) is 7.55. The Kier molecular flexibility index (Phi) is 10.8. The summed E-state index contributed by atoms with van der Waals surface area (Å²) >= 11 is 6.09. The van der Waals surface area contributed by atoms with E-state index in [1.807, 2.05) is 36.1 Å². The molecule has 2 saturated heterocycles. The van der Waals surface area contributed by atoms with E-state index in [2.05, 4.69) is 39.8 Å². The van der Waals surface area contributed by atoms with Crippen molar-refractivity contribution in [1.29, 1.82) is 0 Å². The van der Waals surface area contributed by atoms with Crippen molar-refractivity contribution in [3.8, 4) is 0 Å². The van der Waals surface area contributed by atoms with Crippen LogP contribution in [0.5, 0.6) is 0 Å². The first-order chi connectivity index (χ1) is 19.4. The number of hydrogen-bond donors (Lipinski definition) is 2. The van der Waals surface area contributed by atoms with Gasteiger partial charge in [0.25, 0.3) is 0 Å². The molecule has 1 spiro atoms. The molecule has 4 rings (SSSR count). The van der Waals surface area contributed by atoms with Gasteiger partial charge in [-0.2, -0.15) is 0 Å². The molecule has 3 amide bonds. The van der Waals surface area contributed by atoms with Crippen LogP contribution < -0.4 is 10.6 Å². The average molecular weight is 569 g/mol. The lowest BCUT2D eigenvalue weighted by atomic mass is 9.81. The van der Waals surface area contributed by atoms with Crippen molar-refractivity contribution in [1.82, 2.24) is 20.4 Å². The molecule has 0 saturated carbocycles. The van der Waals surface area contributed by atoms with E-state index in [1.54, 1.807) is 6.07 Å². The van der Waals surface area contributed by atoms with Crippen LogP contribution >= 0.6 is 11.6 Å². The van der Waals surface area contributed by atoms with E-state index in [0.717, 1.165) is 38.0 Å². The van der Waals surface area contributed by atoms with E-state index in [9.17, 15) is 14.4 Å². The number of carbonyl (C=O) groups excluding carboxylic acids is 3. The van der Waals surface area contributed by atoms with Gasteiger partial charge in [-0.25, -0.2) is 4.79 Å². The van der Waals surface area contributed by atoms with Crippen LogP contribution in [-0.2, 0) is 27.4 Å². The first-order valence-corrected chi connectivity index (χ1v) is 14.8. The van der Waals surface area contributed by atoms with Crippen LogP contribution in [0.2, 0.25) is 5.02 Å². The lowest BCUT2D eigenvalue weighted by molar-refractivity contribution is -0.161. The van der Waals surface area contributed by atoms with Crippen LogP contribution in [0.25, 0.3) is 0 Å². The molecule has 0 unspecified atom stereocenters. The van der Waals surface area contributed by atoms with Crippen LogP contribution in [-0.4, -0.2) is 72.0 Å². The number of alkyl carbamates (subject to hydrolysis) is 1. The lowest BCUT2D eigenvalue weighted by Crippen LogP contribution is -2.72. The number of carbonyl (C=O) groups is 3. The van der Waals surface area contributed by atoms with E-state index in [-0.39, 0.29) is 18.4 Å². The minimum Gasteiger partial charge on any atom is -0.445 e. The summed E-state index contributed by atoms with van der Waals surface area (Å²) in [5, 5.41) is 6.35. The van der Waals surface area contributed by atoms with Crippen LogP contribution in [0, 0.1) is 0 Å². The Bertz CT molecular complexity index is 1140. The summed E-state index contributed by atoms with van der Waals surface area (Å²) in [6, 6.07) is 17.1. The van der Waals surface area contributed by atoms with Crippen molar-refractivity contribution < 1.29 is 19.1 Å². The molecule has 2 N–H and O–H groups in total. The molecule has 9 heteroatoms. The van der Waals surface area contributed by atoms with E-state index in [1.165, 1.54) is 5.56 Å². The first kappa shape index (κ1) is 29.9. The Hall–Kier alpha value is -3.10. The summed E-state index contributed by atoms with van der Waals surface area (Å²) in [5.74, 6) is 0.000768. The molecule has 0 aliphatic carbocycles. The third-order valence-corrected chi connectivity index (χ3v) is 8.37. The normalized spacial score (nSPS) is 18.9. The predicted molar refractivity (Wildman–Crippen MR) is 156 cm³/mol. The topological polar surface area (TPSA) is 91.0 Å². The molecule has 216 valence electrons. The molecule has 0 bridgehead atoms. The van der Waals surface area contributed by atoms with Gasteiger partial charge in [0.05, 0.1) is 0 Å².